The van der Waals surface area contributed by atoms with Crippen LogP contribution in [0.15, 0.2) is 58.7 Å². The number of hydrogen-bond donors (Lipinski definition) is 2. The number of carbonyl (C=O) groups excluding carboxylic acids is 1. The van der Waals surface area contributed by atoms with Crippen LogP contribution >= 0.6 is 15.9 Å². The van der Waals surface area contributed by atoms with Gasteiger partial charge in [-0.15, -0.1) is 0 Å². The number of amides is 1. The van der Waals surface area contributed by atoms with Crippen LogP contribution in [0.2, 0.25) is 0 Å². The molecule has 0 radical (unpaired) electrons. The second-order valence-electron chi connectivity index (χ2n) is 5.77. The van der Waals surface area contributed by atoms with Crippen molar-refractivity contribution in [3.8, 4) is 6.07 Å². The van der Waals surface area contributed by atoms with E-state index in [4.69, 9.17) is 0 Å². The monoisotopic (exact) mass is 397 g/mol. The van der Waals surface area contributed by atoms with Gasteiger partial charge in [0.1, 0.15) is 11.6 Å². The van der Waals surface area contributed by atoms with Crippen LogP contribution < -0.4 is 10.6 Å². The quantitative estimate of drug-likeness (QED) is 0.435. The van der Waals surface area contributed by atoms with Gasteiger partial charge < -0.3 is 10.6 Å². The molecule has 0 aliphatic heterocycles. The minimum absolute atomic E-state index is 0.0516. The summed E-state index contributed by atoms with van der Waals surface area (Å²) in [4.78, 5) is 12.2. The lowest BCUT2D eigenvalue weighted by molar-refractivity contribution is -0.112. The number of anilines is 1. The fourth-order valence-corrected chi connectivity index (χ4v) is 2.60. The fourth-order valence-electron chi connectivity index (χ4n) is 2.33. The normalized spacial score (nSPS) is 10.9. The SMILES string of the molecule is Cc1ccc(NC(=O)/C(C#N)=C\NCCc2ccc(Br)cc2)c(C)c1. The van der Waals surface area contributed by atoms with Crippen molar-refractivity contribution >= 4 is 27.5 Å². The lowest BCUT2D eigenvalue weighted by Gasteiger charge is -2.09. The molecule has 2 aromatic carbocycles. The largest absolute Gasteiger partial charge is 0.389 e. The maximum absolute atomic E-state index is 12.2. The molecule has 5 heteroatoms. The van der Waals surface area contributed by atoms with Gasteiger partial charge in [-0.1, -0.05) is 45.8 Å². The van der Waals surface area contributed by atoms with Crippen LogP contribution in [0, 0.1) is 25.2 Å². The molecule has 0 aliphatic rings. The van der Waals surface area contributed by atoms with Gasteiger partial charge in [0.05, 0.1) is 0 Å². The van der Waals surface area contributed by atoms with E-state index in [1.807, 2.05) is 62.4 Å². The molecule has 0 bridgehead atoms. The molecule has 2 N–H and O–H groups in total. The first-order valence-electron chi connectivity index (χ1n) is 7.96. The Hall–Kier alpha value is -2.58. The lowest BCUT2D eigenvalue weighted by atomic mass is 10.1. The van der Waals surface area contributed by atoms with E-state index in [0.29, 0.717) is 12.2 Å². The number of nitrogens with zero attached hydrogens (tertiary/aromatic N) is 1. The van der Waals surface area contributed by atoms with Crippen LogP contribution in [0.4, 0.5) is 5.69 Å². The number of benzene rings is 2. The minimum atomic E-state index is -0.411. The number of rotatable bonds is 6. The summed E-state index contributed by atoms with van der Waals surface area (Å²) in [5, 5.41) is 15.0. The van der Waals surface area contributed by atoms with E-state index in [-0.39, 0.29) is 5.57 Å². The molecular formula is C20H20BrN3O. The summed E-state index contributed by atoms with van der Waals surface area (Å²) in [5.74, 6) is -0.411. The third-order valence-corrected chi connectivity index (χ3v) is 4.24. The Bertz CT molecular complexity index is 820. The lowest BCUT2D eigenvalue weighted by Crippen LogP contribution is -2.18. The molecule has 0 atom stereocenters. The summed E-state index contributed by atoms with van der Waals surface area (Å²) in [6.45, 7) is 4.56. The van der Waals surface area contributed by atoms with E-state index in [2.05, 4.69) is 26.6 Å². The molecule has 0 heterocycles. The van der Waals surface area contributed by atoms with Crippen LogP contribution in [0.1, 0.15) is 16.7 Å². The van der Waals surface area contributed by atoms with Gasteiger partial charge in [0.25, 0.3) is 5.91 Å². The second kappa shape index (κ2) is 9.05. The van der Waals surface area contributed by atoms with Gasteiger partial charge in [-0.05, 0) is 49.6 Å². The van der Waals surface area contributed by atoms with Gasteiger partial charge in [-0.3, -0.25) is 4.79 Å². The smallest absolute Gasteiger partial charge is 0.267 e. The summed E-state index contributed by atoms with van der Waals surface area (Å²) in [6, 6.07) is 15.7. The maximum atomic E-state index is 12.2. The summed E-state index contributed by atoms with van der Waals surface area (Å²) < 4.78 is 1.04. The Morgan fingerprint density at radius 2 is 1.92 bits per heavy atom. The molecule has 0 saturated carbocycles. The number of carbonyl (C=O) groups is 1. The van der Waals surface area contributed by atoms with Crippen molar-refractivity contribution in [2.75, 3.05) is 11.9 Å². The van der Waals surface area contributed by atoms with Crippen LogP contribution in [-0.2, 0) is 11.2 Å². The summed E-state index contributed by atoms with van der Waals surface area (Å²) in [7, 11) is 0. The van der Waals surface area contributed by atoms with E-state index < -0.39 is 5.91 Å². The number of aryl methyl sites for hydroxylation is 2. The van der Waals surface area contributed by atoms with Gasteiger partial charge in [-0.2, -0.15) is 5.26 Å². The first-order valence-corrected chi connectivity index (χ1v) is 8.75. The molecule has 0 fully saturated rings. The zero-order valence-corrected chi connectivity index (χ0v) is 15.9. The van der Waals surface area contributed by atoms with E-state index in [9.17, 15) is 10.1 Å². The molecular weight excluding hydrogens is 378 g/mol. The predicted octanol–water partition coefficient (Wildman–Crippen LogP) is 4.24. The average Bonchev–Trinajstić information content (AvgIpc) is 2.59. The molecule has 1 amide bonds. The third kappa shape index (κ3) is 5.77. The first-order chi connectivity index (χ1) is 12.0. The van der Waals surface area contributed by atoms with Gasteiger partial charge in [0.15, 0.2) is 0 Å². The number of hydrogen-bond acceptors (Lipinski definition) is 3. The standard InChI is InChI=1S/C20H20BrN3O/c1-14-3-8-19(15(2)11-14)24-20(25)17(12-22)13-23-10-9-16-4-6-18(21)7-5-16/h3-8,11,13,23H,9-10H2,1-2H3,(H,24,25)/b17-13-. The first kappa shape index (κ1) is 18.8. The highest BCUT2D eigenvalue weighted by Crippen LogP contribution is 2.16. The Kier molecular flexibility index (Phi) is 6.79. The zero-order valence-electron chi connectivity index (χ0n) is 14.3. The maximum Gasteiger partial charge on any atom is 0.267 e. The van der Waals surface area contributed by atoms with Crippen molar-refractivity contribution in [2.24, 2.45) is 0 Å². The van der Waals surface area contributed by atoms with Gasteiger partial charge >= 0.3 is 0 Å². The second-order valence-corrected chi connectivity index (χ2v) is 6.69. The van der Waals surface area contributed by atoms with E-state index in [0.717, 1.165) is 22.0 Å². The molecule has 4 nitrogen and oxygen atoms in total. The molecule has 25 heavy (non-hydrogen) atoms. The summed E-state index contributed by atoms with van der Waals surface area (Å²) in [5.41, 5.74) is 4.04. The molecule has 0 unspecified atom stereocenters. The van der Waals surface area contributed by atoms with Crippen LogP contribution in [-0.4, -0.2) is 12.5 Å². The van der Waals surface area contributed by atoms with E-state index >= 15 is 0 Å². The predicted molar refractivity (Wildman–Crippen MR) is 104 cm³/mol. The molecule has 2 rings (SSSR count). The summed E-state index contributed by atoms with van der Waals surface area (Å²) >= 11 is 3.40. The van der Waals surface area contributed by atoms with Crippen molar-refractivity contribution in [3.05, 3.63) is 75.4 Å². The van der Waals surface area contributed by atoms with Gasteiger partial charge in [0, 0.05) is 22.9 Å². The van der Waals surface area contributed by atoms with Crippen molar-refractivity contribution in [2.45, 2.75) is 20.3 Å². The molecule has 0 aliphatic carbocycles. The van der Waals surface area contributed by atoms with Crippen molar-refractivity contribution < 1.29 is 4.79 Å². The molecule has 0 spiro atoms. The van der Waals surface area contributed by atoms with E-state index in [1.54, 1.807) is 0 Å². The number of halogens is 1. The van der Waals surface area contributed by atoms with E-state index in [1.165, 1.54) is 11.8 Å². The van der Waals surface area contributed by atoms with Crippen LogP contribution in [0.5, 0.6) is 0 Å². The fraction of sp³-hybridized carbons (Fsp3) is 0.200. The zero-order chi connectivity index (χ0) is 18.2. The van der Waals surface area contributed by atoms with Crippen LogP contribution in [0.3, 0.4) is 0 Å². The Labute approximate surface area is 156 Å². The van der Waals surface area contributed by atoms with Crippen LogP contribution in [0.25, 0.3) is 0 Å². The third-order valence-electron chi connectivity index (χ3n) is 3.71. The minimum Gasteiger partial charge on any atom is -0.389 e. The molecule has 128 valence electrons. The molecule has 2 aromatic rings. The number of nitrogens with one attached hydrogen (secondary N) is 2. The topological polar surface area (TPSA) is 64.9 Å². The Morgan fingerprint density at radius 1 is 1.20 bits per heavy atom. The average molecular weight is 398 g/mol. The molecule has 0 aromatic heterocycles. The summed E-state index contributed by atoms with van der Waals surface area (Å²) in [6.07, 6.45) is 2.28. The Balaban J connectivity index is 1.91. The van der Waals surface area contributed by atoms with Gasteiger partial charge in [-0.25, -0.2) is 0 Å². The van der Waals surface area contributed by atoms with Crippen molar-refractivity contribution in [3.63, 3.8) is 0 Å². The highest BCUT2D eigenvalue weighted by molar-refractivity contribution is 9.10. The highest BCUT2D eigenvalue weighted by Gasteiger charge is 2.10. The van der Waals surface area contributed by atoms with Gasteiger partial charge in [0.2, 0.25) is 0 Å². The molecule has 0 saturated heterocycles. The number of nitriles is 1. The highest BCUT2D eigenvalue weighted by atomic mass is 79.9. The van der Waals surface area contributed by atoms with Crippen molar-refractivity contribution in [1.29, 1.82) is 5.26 Å². The Morgan fingerprint density at radius 3 is 2.56 bits per heavy atom. The van der Waals surface area contributed by atoms with Crippen molar-refractivity contribution in [1.82, 2.24) is 5.32 Å².